The summed E-state index contributed by atoms with van der Waals surface area (Å²) in [7, 11) is 0. The van der Waals surface area contributed by atoms with E-state index in [4.69, 9.17) is 15.2 Å². The van der Waals surface area contributed by atoms with Crippen LogP contribution in [0.15, 0.2) is 84.4 Å². The number of dihydropyridines is 1. The maximum Gasteiger partial charge on any atom is 0.161 e. The molecule has 2 aromatic rings. The topological polar surface area (TPSA) is 173 Å². The van der Waals surface area contributed by atoms with Gasteiger partial charge in [-0.05, 0) is 79.5 Å². The Morgan fingerprint density at radius 1 is 1.04 bits per heavy atom. The van der Waals surface area contributed by atoms with E-state index in [2.05, 4.69) is 47.3 Å². The summed E-state index contributed by atoms with van der Waals surface area (Å²) < 4.78 is 12.7. The van der Waals surface area contributed by atoms with Gasteiger partial charge in [0.05, 0.1) is 31.2 Å². The number of aliphatic hydroxyl groups excluding tert-OH is 4. The van der Waals surface area contributed by atoms with E-state index in [0.29, 0.717) is 31.1 Å². The van der Waals surface area contributed by atoms with E-state index in [-0.39, 0.29) is 60.4 Å². The van der Waals surface area contributed by atoms with Gasteiger partial charge in [-0.1, -0.05) is 68.1 Å². The Bertz CT molecular complexity index is 1660. The summed E-state index contributed by atoms with van der Waals surface area (Å²) in [4.78, 5) is 3.29. The minimum atomic E-state index is -1.27. The van der Waals surface area contributed by atoms with Gasteiger partial charge in [0, 0.05) is 48.0 Å². The number of fused-ring (bicyclic) bond motifs is 1. The number of aliphatic hydroxyl groups is 4. The first kappa shape index (κ1) is 37.8. The summed E-state index contributed by atoms with van der Waals surface area (Å²) in [6, 6.07) is 9.14. The number of hydrogen-bond donors (Lipinski definition) is 8. The van der Waals surface area contributed by atoms with Crippen molar-refractivity contribution in [2.24, 2.45) is 35.3 Å². The van der Waals surface area contributed by atoms with Crippen LogP contribution in [0.25, 0.3) is 0 Å². The molecule has 10 heteroatoms. The normalized spacial score (nSPS) is 32.6. The number of ether oxygens (including phenoxy) is 2. The second kappa shape index (κ2) is 17.7. The van der Waals surface area contributed by atoms with Crippen LogP contribution in [-0.2, 0) is 11.2 Å². The molecule has 1 aromatic carbocycles. The van der Waals surface area contributed by atoms with E-state index in [1.807, 2.05) is 36.5 Å². The summed E-state index contributed by atoms with van der Waals surface area (Å²) in [6.07, 6.45) is 15.1. The third kappa shape index (κ3) is 8.96. The first-order valence-electron chi connectivity index (χ1n) is 18.9. The number of hydrogen-bond acceptors (Lipinski definition) is 9. The van der Waals surface area contributed by atoms with Gasteiger partial charge in [0.15, 0.2) is 11.5 Å². The summed E-state index contributed by atoms with van der Waals surface area (Å²) in [5.74, 6) is 6.69. The molecular weight excluding hydrogens is 658 g/mol. The van der Waals surface area contributed by atoms with Gasteiger partial charge in [0.2, 0.25) is 0 Å². The second-order valence-corrected chi connectivity index (χ2v) is 14.7. The smallest absolute Gasteiger partial charge is 0.161 e. The van der Waals surface area contributed by atoms with Crippen LogP contribution in [0.3, 0.4) is 0 Å². The number of rotatable bonds is 11. The second-order valence-electron chi connectivity index (χ2n) is 14.7. The fourth-order valence-electron chi connectivity index (χ4n) is 8.35. The lowest BCUT2D eigenvalue weighted by Crippen LogP contribution is -2.50. The molecule has 2 heterocycles. The molecule has 9 N–H and O–H groups in total. The lowest BCUT2D eigenvalue weighted by atomic mass is 9.74. The number of allylic oxidation sites excluding steroid dienone is 4. The number of aromatic nitrogens is 1. The lowest BCUT2D eigenvalue weighted by molar-refractivity contribution is -0.0611. The SMILES string of the molecule is CC[C@@H]1C#C[C@@H]2C=C[C@@H](c3ccc(O)c(O[C@@H]4[C@@H](O)[C@H](O)C=C[C@H]4[C@H](Cc4ccc[nH]4)C4=CCNC(N)=C4)c3)C[C@@H](O)[C@H]2[C@@H](OCCO)CCCC1. The van der Waals surface area contributed by atoms with E-state index in [0.717, 1.165) is 48.9 Å². The highest BCUT2D eigenvalue weighted by Crippen LogP contribution is 2.42. The molecule has 280 valence electrons. The lowest BCUT2D eigenvalue weighted by Gasteiger charge is -2.39. The summed E-state index contributed by atoms with van der Waals surface area (Å²) >= 11 is 0. The van der Waals surface area contributed by atoms with Crippen LogP contribution >= 0.6 is 0 Å². The molecule has 11 atom stereocenters. The molecular formula is C42H55N3O7. The van der Waals surface area contributed by atoms with Crippen molar-refractivity contribution in [1.29, 1.82) is 0 Å². The fraction of sp³-hybridized carbons (Fsp3) is 0.524. The Labute approximate surface area is 307 Å². The highest BCUT2D eigenvalue weighted by Gasteiger charge is 2.42. The van der Waals surface area contributed by atoms with Gasteiger partial charge >= 0.3 is 0 Å². The van der Waals surface area contributed by atoms with Crippen LogP contribution in [0, 0.1) is 41.4 Å². The average molecular weight is 714 g/mol. The number of aromatic amines is 1. The molecule has 0 saturated carbocycles. The van der Waals surface area contributed by atoms with E-state index < -0.39 is 24.4 Å². The van der Waals surface area contributed by atoms with E-state index in [9.17, 15) is 25.5 Å². The third-order valence-electron chi connectivity index (χ3n) is 11.2. The fourth-order valence-corrected chi connectivity index (χ4v) is 8.35. The monoisotopic (exact) mass is 713 g/mol. The molecule has 0 saturated heterocycles. The molecule has 0 amide bonds. The van der Waals surface area contributed by atoms with Gasteiger partial charge in [0.1, 0.15) is 18.3 Å². The zero-order valence-corrected chi connectivity index (χ0v) is 30.0. The molecule has 6 rings (SSSR count). The number of aromatic hydroxyl groups is 1. The highest BCUT2D eigenvalue weighted by molar-refractivity contribution is 5.45. The van der Waals surface area contributed by atoms with Crippen molar-refractivity contribution >= 4 is 0 Å². The number of H-pyrrole nitrogens is 1. The Morgan fingerprint density at radius 2 is 1.88 bits per heavy atom. The Morgan fingerprint density at radius 3 is 2.65 bits per heavy atom. The molecule has 0 spiro atoms. The molecule has 52 heavy (non-hydrogen) atoms. The van der Waals surface area contributed by atoms with Crippen LogP contribution in [0.4, 0.5) is 0 Å². The highest BCUT2D eigenvalue weighted by atomic mass is 16.5. The molecule has 0 unspecified atom stereocenters. The van der Waals surface area contributed by atoms with Crippen molar-refractivity contribution in [3.05, 3.63) is 95.6 Å². The average Bonchev–Trinajstić information content (AvgIpc) is 3.60. The van der Waals surface area contributed by atoms with Crippen molar-refractivity contribution in [3.8, 4) is 23.3 Å². The largest absolute Gasteiger partial charge is 0.504 e. The van der Waals surface area contributed by atoms with Gasteiger partial charge in [-0.15, -0.1) is 0 Å². The van der Waals surface area contributed by atoms with Crippen LogP contribution in [0.1, 0.15) is 62.6 Å². The Hall–Kier alpha value is -3.98. The summed E-state index contributed by atoms with van der Waals surface area (Å²) in [6.45, 7) is 2.85. The molecule has 3 aliphatic carbocycles. The Balaban J connectivity index is 1.30. The summed E-state index contributed by atoms with van der Waals surface area (Å²) in [5, 5.41) is 57.9. The van der Waals surface area contributed by atoms with Gasteiger partial charge in [-0.3, -0.25) is 0 Å². The van der Waals surface area contributed by atoms with Gasteiger partial charge in [0.25, 0.3) is 0 Å². The molecule has 0 radical (unpaired) electrons. The van der Waals surface area contributed by atoms with Crippen LogP contribution in [-0.4, -0.2) is 80.8 Å². The zero-order valence-electron chi connectivity index (χ0n) is 30.0. The third-order valence-corrected chi connectivity index (χ3v) is 11.2. The maximum absolute atomic E-state index is 11.9. The molecule has 10 nitrogen and oxygen atoms in total. The van der Waals surface area contributed by atoms with Crippen molar-refractivity contribution in [3.63, 3.8) is 0 Å². The minimum Gasteiger partial charge on any atom is -0.504 e. The molecule has 0 bridgehead atoms. The van der Waals surface area contributed by atoms with Crippen molar-refractivity contribution in [2.45, 2.75) is 88.3 Å². The first-order valence-corrected chi connectivity index (χ1v) is 18.9. The molecule has 4 aliphatic rings. The number of phenols is 1. The predicted molar refractivity (Wildman–Crippen MR) is 200 cm³/mol. The zero-order chi connectivity index (χ0) is 36.6. The predicted octanol–water partition coefficient (Wildman–Crippen LogP) is 4.18. The summed E-state index contributed by atoms with van der Waals surface area (Å²) in [5.41, 5.74) is 9.02. The van der Waals surface area contributed by atoms with Gasteiger partial charge in [-0.2, -0.15) is 0 Å². The van der Waals surface area contributed by atoms with Crippen molar-refractivity contribution in [2.75, 3.05) is 19.8 Å². The molecule has 1 aliphatic heterocycles. The molecule has 1 aromatic heterocycles. The van der Waals surface area contributed by atoms with Crippen molar-refractivity contribution in [1.82, 2.24) is 10.3 Å². The quantitative estimate of drug-likeness (QED) is 0.126. The van der Waals surface area contributed by atoms with E-state index >= 15 is 0 Å². The molecule has 0 fully saturated rings. The van der Waals surface area contributed by atoms with Crippen LogP contribution in [0.2, 0.25) is 0 Å². The van der Waals surface area contributed by atoms with Gasteiger partial charge < -0.3 is 51.0 Å². The number of nitrogens with one attached hydrogen (secondary N) is 2. The first-order chi connectivity index (χ1) is 25.2. The number of phenolic OH excluding ortho intramolecular Hbond substituents is 1. The van der Waals surface area contributed by atoms with E-state index in [1.165, 1.54) is 0 Å². The standard InChI is InChI=1S/C42H55N3O7/c1-2-26-6-3-4-8-37(51-21-20-46)40-27(10-9-26)11-12-28(22-36(40)49)29-13-15-34(47)38(23-29)52-42-32(14-16-35(48)41(42)50)33(25-31-7-5-18-44-31)30-17-19-45-39(43)24-30/h5,7,11-18,23-24,26-28,32-33,35-37,40-42,44-50H,2-4,6,8,19-22,25,43H2,1H3/t26-,27+,28+,32-,33+,35+,36+,37-,40-,41-,42-/m0/s1. The van der Waals surface area contributed by atoms with Gasteiger partial charge in [-0.25, -0.2) is 0 Å². The Kier molecular flexibility index (Phi) is 12.9. The number of nitrogens with two attached hydrogens (primary N) is 1. The van der Waals surface area contributed by atoms with Crippen molar-refractivity contribution < 1.29 is 35.0 Å². The van der Waals surface area contributed by atoms with Crippen LogP contribution in [0.5, 0.6) is 11.5 Å². The van der Waals surface area contributed by atoms with E-state index in [1.54, 1.807) is 18.2 Å². The number of benzene rings is 1. The minimum absolute atomic E-state index is 0.0854. The maximum atomic E-state index is 11.9. The van der Waals surface area contributed by atoms with Crippen LogP contribution < -0.4 is 15.8 Å².